The van der Waals surface area contributed by atoms with Crippen molar-refractivity contribution < 1.29 is 63.0 Å². The summed E-state index contributed by atoms with van der Waals surface area (Å²) in [4.78, 5) is 100. The van der Waals surface area contributed by atoms with Gasteiger partial charge in [-0.25, -0.2) is 28.3 Å². The van der Waals surface area contributed by atoms with Crippen LogP contribution in [0.25, 0.3) is 0 Å². The van der Waals surface area contributed by atoms with E-state index in [2.05, 4.69) is 0 Å². The Labute approximate surface area is 428 Å². The second kappa shape index (κ2) is 24.5. The van der Waals surface area contributed by atoms with E-state index >= 15 is 0 Å². The van der Waals surface area contributed by atoms with E-state index in [1.54, 1.807) is 53.9 Å². The standard InChI is InChI=1S/C54H82N4O15/c1-29-22-33(5)46(61)48(71-11)47(62)34(6)23-30(2)42(60)28-44(31(3)24-36-16-20-41(59)45(26-36)70-10)72-51(65)40-14-12-13-21-56(40)50(64)49(63)54(68)35(7)15-18-38(73-54)27-43(69-9)32(4)25-37-17-19-39(29)58-53(67)55(8)52(66)57(37)58/h17,19,23,25,29-31,33,35-41,43-45,47-48,59,62,68H,12-16,18,20-22,24,26-28H2,1-11H3/b32-25+,34-23+/t29-,30+,31+,33+,35+,36-,37?,38-,39?,40-,41+,43-,44-,45+,47+,48-,54+/m0/s1. The fourth-order valence-electron chi connectivity index (χ4n) is 12.0. The molecular weight excluding hydrogens is 945 g/mol. The number of amides is 1. The van der Waals surface area contributed by atoms with E-state index in [1.807, 2.05) is 26.0 Å². The molecule has 1 amide bonds. The number of Topliss-reactive ketones (excluding diaryl/α,β-unsaturated/α-hetero) is 3. The van der Waals surface area contributed by atoms with Crippen LogP contribution in [0.1, 0.15) is 138 Å². The van der Waals surface area contributed by atoms with E-state index in [0.29, 0.717) is 62.5 Å². The number of hydrogen-bond acceptors (Lipinski definition) is 15. The monoisotopic (exact) mass is 1030 g/mol. The molecule has 0 aromatic carbocycles. The number of nitrogens with zero attached hydrogens (tertiary/aromatic N) is 4. The molecule has 3 N–H and O–H groups in total. The van der Waals surface area contributed by atoms with E-state index in [4.69, 9.17) is 23.7 Å². The Hall–Kier alpha value is -4.37. The first-order valence-electron chi connectivity index (χ1n) is 26.4. The first-order chi connectivity index (χ1) is 34.5. The summed E-state index contributed by atoms with van der Waals surface area (Å²) in [5.41, 5.74) is -0.127. The van der Waals surface area contributed by atoms with Crippen molar-refractivity contribution in [2.24, 2.45) is 42.6 Å². The average Bonchev–Trinajstić information content (AvgIpc) is 3.59. The number of piperidine rings is 1. The van der Waals surface area contributed by atoms with Crippen molar-refractivity contribution in [2.75, 3.05) is 27.9 Å². The summed E-state index contributed by atoms with van der Waals surface area (Å²) in [5, 5.41) is 34.3. The maximum absolute atomic E-state index is 14.5. The van der Waals surface area contributed by atoms with Gasteiger partial charge in [-0.2, -0.15) is 0 Å². The van der Waals surface area contributed by atoms with Gasteiger partial charge in [0.1, 0.15) is 30.1 Å². The molecule has 6 aliphatic rings. The van der Waals surface area contributed by atoms with Crippen molar-refractivity contribution >= 4 is 29.2 Å². The van der Waals surface area contributed by atoms with Crippen molar-refractivity contribution in [3.05, 3.63) is 56.4 Å². The lowest BCUT2D eigenvalue weighted by molar-refractivity contribution is -0.265. The fourth-order valence-corrected chi connectivity index (χ4v) is 12.0. The lowest BCUT2D eigenvalue weighted by atomic mass is 9.78. The summed E-state index contributed by atoms with van der Waals surface area (Å²) in [6.07, 6.45) is 5.36. The Kier molecular flexibility index (Phi) is 19.5. The van der Waals surface area contributed by atoms with Gasteiger partial charge in [-0.3, -0.25) is 19.2 Å². The third-order valence-corrected chi connectivity index (χ3v) is 16.7. The van der Waals surface area contributed by atoms with E-state index in [9.17, 15) is 48.9 Å². The molecule has 0 radical (unpaired) electrons. The highest BCUT2D eigenvalue weighted by Gasteiger charge is 2.53. The minimum atomic E-state index is -2.54. The van der Waals surface area contributed by atoms with Crippen LogP contribution in [0, 0.1) is 35.5 Å². The maximum Gasteiger partial charge on any atom is 0.347 e. The van der Waals surface area contributed by atoms with Crippen molar-refractivity contribution in [3.8, 4) is 0 Å². The normalized spacial score (nSPS) is 39.0. The first-order valence-corrected chi connectivity index (χ1v) is 26.4. The number of allylic oxidation sites excluding steroid dienone is 4. The van der Waals surface area contributed by atoms with Crippen LogP contribution in [-0.4, -0.2) is 146 Å². The van der Waals surface area contributed by atoms with Gasteiger partial charge in [0.2, 0.25) is 5.79 Å². The van der Waals surface area contributed by atoms with Gasteiger partial charge in [0.15, 0.2) is 5.78 Å². The molecule has 1 aliphatic carbocycles. The molecule has 2 unspecified atom stereocenters. The van der Waals surface area contributed by atoms with E-state index < -0.39 is 113 Å². The third kappa shape index (κ3) is 12.5. The molecule has 19 heteroatoms. The number of aliphatic hydroxyl groups is 3. The SMILES string of the molecule is CO[C@H]1C[C@@H]2CC[C@@H](C)[C@@](O)(O2)C(=O)C(=O)N2CCCC[C@H]2C(=O)O[C@H]([C@H](C)C[C@@H]2CC[C@@H](O)[C@H](OC)C2)CC(=O)[C@H](C)/C=C(\C)[C@@H](O)[C@@H](OC)C(=O)[C@H](C)C[C@H](C)C2C=CC(/C=C/1C)n1c(=O)n(C)c(=O)n12. The molecule has 1 aromatic rings. The zero-order chi connectivity index (χ0) is 53.8. The van der Waals surface area contributed by atoms with Gasteiger partial charge in [0.05, 0.1) is 36.5 Å². The van der Waals surface area contributed by atoms with Gasteiger partial charge in [0, 0.05) is 65.5 Å². The lowest BCUT2D eigenvalue weighted by Gasteiger charge is -2.42. The number of rotatable bonds is 6. The number of carbonyl (C=O) groups excluding carboxylic acids is 5. The van der Waals surface area contributed by atoms with Crippen molar-refractivity contribution in [1.82, 2.24) is 18.8 Å². The smallest absolute Gasteiger partial charge is 0.347 e. The number of ether oxygens (including phenoxy) is 5. The predicted molar refractivity (Wildman–Crippen MR) is 268 cm³/mol. The minimum absolute atomic E-state index is 0.0384. The summed E-state index contributed by atoms with van der Waals surface area (Å²) in [7, 11) is 5.78. The van der Waals surface area contributed by atoms with Crippen LogP contribution in [0.3, 0.4) is 0 Å². The summed E-state index contributed by atoms with van der Waals surface area (Å²) in [6.45, 7) is 12.2. The molecule has 1 aromatic heterocycles. The lowest BCUT2D eigenvalue weighted by Crippen LogP contribution is -2.61. The molecule has 1 saturated carbocycles. The molecule has 408 valence electrons. The van der Waals surface area contributed by atoms with Crippen molar-refractivity contribution in [2.45, 2.75) is 192 Å². The number of esters is 1. The summed E-state index contributed by atoms with van der Waals surface area (Å²) < 4.78 is 33.4. The van der Waals surface area contributed by atoms with Crippen molar-refractivity contribution in [3.63, 3.8) is 0 Å². The predicted octanol–water partition coefficient (Wildman–Crippen LogP) is 4.08. The van der Waals surface area contributed by atoms with Crippen LogP contribution in [0.15, 0.2) is 45.0 Å². The Morgan fingerprint density at radius 3 is 2.18 bits per heavy atom. The van der Waals surface area contributed by atoms with E-state index in [1.165, 1.54) is 30.6 Å². The minimum Gasteiger partial charge on any atom is -0.460 e. The summed E-state index contributed by atoms with van der Waals surface area (Å²) in [6, 6.07) is -2.55. The summed E-state index contributed by atoms with van der Waals surface area (Å²) >= 11 is 0. The Morgan fingerprint density at radius 2 is 1.51 bits per heavy atom. The van der Waals surface area contributed by atoms with Gasteiger partial charge >= 0.3 is 17.3 Å². The highest BCUT2D eigenvalue weighted by Crippen LogP contribution is 2.39. The molecule has 5 aliphatic heterocycles. The van der Waals surface area contributed by atoms with Gasteiger partial charge in [-0.05, 0) is 107 Å². The second-order valence-corrected chi connectivity index (χ2v) is 22.0. The number of methoxy groups -OCH3 is 3. The van der Waals surface area contributed by atoms with Gasteiger partial charge in [-0.1, -0.05) is 58.9 Å². The molecule has 73 heavy (non-hydrogen) atoms. The Bertz CT molecular complexity index is 2380. The number of fused-ring (bicyclic) bond motifs is 15. The van der Waals surface area contributed by atoms with E-state index in [-0.39, 0.29) is 61.9 Å². The third-order valence-electron chi connectivity index (χ3n) is 16.7. The molecule has 2 saturated heterocycles. The Balaban J connectivity index is 1.37. The molecule has 0 spiro atoms. The molecule has 3 fully saturated rings. The largest absolute Gasteiger partial charge is 0.460 e. The van der Waals surface area contributed by atoms with Crippen LogP contribution in [-0.2, 0) is 54.7 Å². The summed E-state index contributed by atoms with van der Waals surface area (Å²) in [5.74, 6) is -9.27. The molecule has 4 bridgehead atoms. The highest BCUT2D eigenvalue weighted by molar-refractivity contribution is 6.39. The van der Waals surface area contributed by atoms with Gasteiger partial charge < -0.3 is 43.9 Å². The van der Waals surface area contributed by atoms with Crippen LogP contribution < -0.4 is 11.4 Å². The number of carbonyl (C=O) groups is 5. The van der Waals surface area contributed by atoms with E-state index in [0.717, 1.165) is 9.47 Å². The Morgan fingerprint density at radius 1 is 0.808 bits per heavy atom. The topological polar surface area (TPSA) is 244 Å². The second-order valence-electron chi connectivity index (χ2n) is 22.0. The van der Waals surface area contributed by atoms with Crippen LogP contribution in [0.2, 0.25) is 0 Å². The molecule has 7 rings (SSSR count). The van der Waals surface area contributed by atoms with Crippen LogP contribution >= 0.6 is 0 Å². The quantitative estimate of drug-likeness (QED) is 0.207. The molecule has 17 atom stereocenters. The first kappa shape index (κ1) is 57.9. The number of aromatic nitrogens is 3. The fraction of sp³-hybridized carbons (Fsp3) is 0.759. The zero-order valence-electron chi connectivity index (χ0n) is 44.8. The number of hydrogen-bond donors (Lipinski definition) is 3. The molecular formula is C54H82N4O15. The maximum atomic E-state index is 14.5. The van der Waals surface area contributed by atoms with Crippen LogP contribution in [0.5, 0.6) is 0 Å². The van der Waals surface area contributed by atoms with Crippen LogP contribution in [0.4, 0.5) is 0 Å². The number of aliphatic hydroxyl groups excluding tert-OH is 2. The highest BCUT2D eigenvalue weighted by atomic mass is 16.6. The molecule has 6 heterocycles. The zero-order valence-corrected chi connectivity index (χ0v) is 44.8. The van der Waals surface area contributed by atoms with Crippen molar-refractivity contribution in [1.29, 1.82) is 0 Å². The van der Waals surface area contributed by atoms with Gasteiger partial charge in [-0.15, -0.1) is 0 Å². The van der Waals surface area contributed by atoms with Gasteiger partial charge in [0.25, 0.3) is 11.7 Å². The number of ketones is 3. The average molecular weight is 1030 g/mol. The molecule has 19 nitrogen and oxygen atoms in total.